The number of aromatic amines is 2. The Bertz CT molecular complexity index is 851. The Kier molecular flexibility index (Phi) is 5.00. The van der Waals surface area contributed by atoms with Crippen molar-refractivity contribution < 1.29 is 5.11 Å². The van der Waals surface area contributed by atoms with Gasteiger partial charge in [0.05, 0.1) is 12.0 Å². The normalized spacial score (nSPS) is 17.0. The van der Waals surface area contributed by atoms with Crippen molar-refractivity contribution in [1.29, 1.82) is 0 Å². The zero-order valence-corrected chi connectivity index (χ0v) is 15.2. The number of allylic oxidation sites excluding steroid dienone is 1. The predicted molar refractivity (Wildman–Crippen MR) is 102 cm³/mol. The van der Waals surface area contributed by atoms with Crippen LogP contribution in [0.3, 0.4) is 0 Å². The fraction of sp³-hybridized carbons (Fsp3) is 0.400. The Morgan fingerprint density at radius 1 is 1.19 bits per heavy atom. The van der Waals surface area contributed by atoms with E-state index < -0.39 is 0 Å². The Morgan fingerprint density at radius 3 is 2.56 bits per heavy atom. The average Bonchev–Trinajstić information content (AvgIpc) is 3.43. The molecule has 0 aliphatic heterocycles. The maximum Gasteiger partial charge on any atom is 0.152 e. The molecule has 1 aliphatic rings. The van der Waals surface area contributed by atoms with Crippen LogP contribution in [0.15, 0.2) is 49.0 Å². The molecule has 1 aliphatic carbocycles. The first-order valence-electron chi connectivity index (χ1n) is 9.42. The lowest BCUT2D eigenvalue weighted by Gasteiger charge is -2.29. The van der Waals surface area contributed by atoms with Gasteiger partial charge in [0.25, 0.3) is 0 Å². The number of aliphatic hydroxyl groups excluding tert-OH is 1. The quantitative estimate of drug-likeness (QED) is 0.553. The van der Waals surface area contributed by atoms with E-state index in [9.17, 15) is 5.11 Å². The molecule has 27 heavy (non-hydrogen) atoms. The molecule has 0 bridgehead atoms. The number of aromatic nitrogens is 6. The summed E-state index contributed by atoms with van der Waals surface area (Å²) in [7, 11) is 0. The van der Waals surface area contributed by atoms with Crippen LogP contribution in [0.25, 0.3) is 11.1 Å². The van der Waals surface area contributed by atoms with Crippen molar-refractivity contribution in [2.75, 3.05) is 0 Å². The van der Waals surface area contributed by atoms with Crippen LogP contribution >= 0.6 is 0 Å². The second kappa shape index (κ2) is 7.73. The molecule has 2 atom stereocenters. The summed E-state index contributed by atoms with van der Waals surface area (Å²) in [4.78, 5) is 0. The number of H-pyrrole nitrogens is 2. The fourth-order valence-electron chi connectivity index (χ4n) is 4.36. The van der Waals surface area contributed by atoms with Crippen LogP contribution in [0.5, 0.6) is 0 Å². The van der Waals surface area contributed by atoms with E-state index in [-0.39, 0.29) is 17.6 Å². The van der Waals surface area contributed by atoms with Gasteiger partial charge in [0.2, 0.25) is 0 Å². The van der Waals surface area contributed by atoms with Gasteiger partial charge in [-0.25, -0.2) is 5.10 Å². The summed E-state index contributed by atoms with van der Waals surface area (Å²) in [5, 5.41) is 31.8. The van der Waals surface area contributed by atoms with Gasteiger partial charge in [-0.15, -0.1) is 5.10 Å². The highest BCUT2D eigenvalue weighted by Gasteiger charge is 2.36. The van der Waals surface area contributed by atoms with Crippen molar-refractivity contribution in [2.45, 2.75) is 38.0 Å². The van der Waals surface area contributed by atoms with E-state index in [0.717, 1.165) is 30.4 Å². The first-order valence-corrected chi connectivity index (χ1v) is 9.42. The third kappa shape index (κ3) is 3.77. The maximum absolute atomic E-state index is 10.4. The van der Waals surface area contributed by atoms with Gasteiger partial charge in [0, 0.05) is 23.6 Å². The SMILES string of the molecule is C=C(O)[C@@H](C1CCCC1)[C@H](Cc1ccc(-c2cn[nH]c2)cc1)c1nnn[nH]1. The smallest absolute Gasteiger partial charge is 0.152 e. The molecule has 0 amide bonds. The van der Waals surface area contributed by atoms with Gasteiger partial charge in [-0.2, -0.15) is 5.10 Å². The van der Waals surface area contributed by atoms with Crippen molar-refractivity contribution in [1.82, 2.24) is 30.8 Å². The Labute approximate surface area is 157 Å². The molecule has 3 N–H and O–H groups in total. The van der Waals surface area contributed by atoms with E-state index in [0.29, 0.717) is 11.7 Å². The zero-order chi connectivity index (χ0) is 18.6. The average molecular weight is 364 g/mol. The number of hydrogen-bond acceptors (Lipinski definition) is 5. The maximum atomic E-state index is 10.4. The Morgan fingerprint density at radius 2 is 1.96 bits per heavy atom. The van der Waals surface area contributed by atoms with Crippen molar-refractivity contribution in [3.8, 4) is 11.1 Å². The van der Waals surface area contributed by atoms with Crippen LogP contribution in [0.2, 0.25) is 0 Å². The largest absolute Gasteiger partial charge is 0.513 e. The molecule has 1 fully saturated rings. The summed E-state index contributed by atoms with van der Waals surface area (Å²) in [6, 6.07) is 8.42. The minimum absolute atomic E-state index is 0.0274. The van der Waals surface area contributed by atoms with E-state index >= 15 is 0 Å². The van der Waals surface area contributed by atoms with Crippen LogP contribution in [0.4, 0.5) is 0 Å². The number of nitrogens with zero attached hydrogens (tertiary/aromatic N) is 4. The molecule has 140 valence electrons. The van der Waals surface area contributed by atoms with Crippen LogP contribution in [0, 0.1) is 11.8 Å². The second-order valence-electron chi connectivity index (χ2n) is 7.34. The number of tetrazole rings is 1. The lowest BCUT2D eigenvalue weighted by atomic mass is 9.76. The highest BCUT2D eigenvalue weighted by atomic mass is 16.3. The van der Waals surface area contributed by atoms with Crippen LogP contribution in [-0.4, -0.2) is 35.9 Å². The Hall–Kier alpha value is -2.96. The zero-order valence-electron chi connectivity index (χ0n) is 15.2. The molecule has 7 nitrogen and oxygen atoms in total. The van der Waals surface area contributed by atoms with E-state index in [4.69, 9.17) is 0 Å². The molecular weight excluding hydrogens is 340 g/mol. The topological polar surface area (TPSA) is 103 Å². The molecular formula is C20H24N6O. The van der Waals surface area contributed by atoms with Crippen molar-refractivity contribution >= 4 is 0 Å². The van der Waals surface area contributed by atoms with E-state index in [1.807, 2.05) is 12.4 Å². The third-order valence-corrected chi connectivity index (χ3v) is 5.68. The lowest BCUT2D eigenvalue weighted by Crippen LogP contribution is -2.25. The number of benzene rings is 1. The molecule has 0 radical (unpaired) electrons. The molecule has 1 aromatic carbocycles. The summed E-state index contributed by atoms with van der Waals surface area (Å²) in [6.07, 6.45) is 9.06. The number of hydrogen-bond donors (Lipinski definition) is 3. The third-order valence-electron chi connectivity index (χ3n) is 5.68. The molecule has 0 saturated heterocycles. The second-order valence-corrected chi connectivity index (χ2v) is 7.34. The summed E-state index contributed by atoms with van der Waals surface area (Å²) in [5.41, 5.74) is 3.35. The van der Waals surface area contributed by atoms with Crippen molar-refractivity contribution in [3.63, 3.8) is 0 Å². The first kappa shape index (κ1) is 17.5. The number of rotatable bonds is 7. The van der Waals surface area contributed by atoms with Gasteiger partial charge in [0.1, 0.15) is 0 Å². The van der Waals surface area contributed by atoms with E-state index in [1.54, 1.807) is 0 Å². The molecule has 0 spiro atoms. The van der Waals surface area contributed by atoms with Gasteiger partial charge in [0.15, 0.2) is 5.82 Å². The molecule has 1 saturated carbocycles. The first-order chi connectivity index (χ1) is 13.2. The van der Waals surface area contributed by atoms with Crippen LogP contribution < -0.4 is 0 Å². The standard InChI is InChI=1S/C20H24N6O/c1-13(27)19(16-4-2-3-5-16)18(20-23-25-26-24-20)10-14-6-8-15(9-7-14)17-11-21-22-12-17/h6-9,11-12,16,18-19,27H,1-5,10H2,(H,21,22)(H,23,24,25,26)/t18-,19-/m0/s1. The van der Waals surface area contributed by atoms with Gasteiger partial charge in [-0.1, -0.05) is 43.7 Å². The molecule has 4 rings (SSSR count). The van der Waals surface area contributed by atoms with E-state index in [2.05, 4.69) is 61.7 Å². The van der Waals surface area contributed by atoms with E-state index in [1.165, 1.54) is 18.4 Å². The minimum Gasteiger partial charge on any atom is -0.513 e. The van der Waals surface area contributed by atoms with Gasteiger partial charge in [-0.05, 0) is 46.7 Å². The lowest BCUT2D eigenvalue weighted by molar-refractivity contribution is 0.224. The summed E-state index contributed by atoms with van der Waals surface area (Å²) < 4.78 is 0. The number of aliphatic hydroxyl groups is 1. The molecule has 2 heterocycles. The monoisotopic (exact) mass is 364 g/mol. The Balaban J connectivity index is 1.60. The van der Waals surface area contributed by atoms with Gasteiger partial charge >= 0.3 is 0 Å². The highest BCUT2D eigenvalue weighted by Crippen LogP contribution is 2.42. The molecule has 7 heteroatoms. The van der Waals surface area contributed by atoms with Crippen LogP contribution in [-0.2, 0) is 6.42 Å². The van der Waals surface area contributed by atoms with Crippen molar-refractivity contribution in [2.24, 2.45) is 11.8 Å². The minimum atomic E-state index is -0.0456. The molecule has 0 unspecified atom stereocenters. The van der Waals surface area contributed by atoms with Crippen LogP contribution in [0.1, 0.15) is 43.0 Å². The van der Waals surface area contributed by atoms with Gasteiger partial charge < -0.3 is 5.11 Å². The highest BCUT2D eigenvalue weighted by molar-refractivity contribution is 5.61. The predicted octanol–water partition coefficient (Wildman–Crippen LogP) is 3.79. The molecule has 3 aromatic rings. The fourth-order valence-corrected chi connectivity index (χ4v) is 4.36. The summed E-state index contributed by atoms with van der Waals surface area (Å²) in [6.45, 7) is 3.88. The molecule has 2 aromatic heterocycles. The summed E-state index contributed by atoms with van der Waals surface area (Å²) in [5.74, 6) is 1.29. The van der Waals surface area contributed by atoms with Crippen molar-refractivity contribution in [3.05, 3.63) is 60.4 Å². The summed E-state index contributed by atoms with van der Waals surface area (Å²) >= 11 is 0. The number of nitrogens with one attached hydrogen (secondary N) is 2. The van der Waals surface area contributed by atoms with Gasteiger partial charge in [-0.3, -0.25) is 5.10 Å².